The number of carbonyl (C=O) groups is 1. The Morgan fingerprint density at radius 3 is 2.12 bits per heavy atom. The first-order chi connectivity index (χ1) is 7.06. The lowest BCUT2D eigenvalue weighted by molar-refractivity contribution is -0.137. The first kappa shape index (κ1) is 15.3. The summed E-state index contributed by atoms with van der Waals surface area (Å²) in [5.41, 5.74) is 0. The van der Waals surface area contributed by atoms with Crippen LogP contribution in [0.1, 0.15) is 19.8 Å². The maximum Gasteiger partial charge on any atom is 0.304 e. The molecule has 0 spiro atoms. The van der Waals surface area contributed by atoms with Crippen LogP contribution in [0.4, 0.5) is 0 Å². The Morgan fingerprint density at radius 2 is 1.81 bits per heavy atom. The summed E-state index contributed by atoms with van der Waals surface area (Å²) in [4.78, 5) is 10.4. The standard InChI is InChI=1S/C7H15NO6S2/c1-3-6(4-7(9)10)8-16(13,14)5-15(2,11)12/h6,8H,3-5H2,1-2H3,(H,9,10). The number of hydrogen-bond donors (Lipinski definition) is 2. The van der Waals surface area contributed by atoms with Gasteiger partial charge in [0.05, 0.1) is 6.42 Å². The lowest BCUT2D eigenvalue weighted by atomic mass is 10.2. The van der Waals surface area contributed by atoms with Crippen molar-refractivity contribution in [3.63, 3.8) is 0 Å². The van der Waals surface area contributed by atoms with Gasteiger partial charge in [-0.3, -0.25) is 4.79 Å². The zero-order valence-electron chi connectivity index (χ0n) is 9.00. The normalized spacial score (nSPS) is 14.6. The SMILES string of the molecule is CCC(CC(=O)O)NS(=O)(=O)CS(C)(=O)=O. The molecule has 0 aliphatic rings. The second-order valence-electron chi connectivity index (χ2n) is 3.48. The summed E-state index contributed by atoms with van der Waals surface area (Å²) >= 11 is 0. The number of sulfonamides is 1. The van der Waals surface area contributed by atoms with Crippen molar-refractivity contribution in [3.8, 4) is 0 Å². The summed E-state index contributed by atoms with van der Waals surface area (Å²) in [7, 11) is -7.66. The van der Waals surface area contributed by atoms with E-state index in [2.05, 4.69) is 0 Å². The molecule has 0 aromatic rings. The van der Waals surface area contributed by atoms with Gasteiger partial charge in [-0.2, -0.15) is 0 Å². The molecule has 0 aliphatic carbocycles. The Labute approximate surface area is 94.8 Å². The molecular formula is C7H15NO6S2. The summed E-state index contributed by atoms with van der Waals surface area (Å²) in [5.74, 6) is -1.14. The van der Waals surface area contributed by atoms with E-state index >= 15 is 0 Å². The molecule has 0 fully saturated rings. The van der Waals surface area contributed by atoms with Crippen molar-refractivity contribution in [1.29, 1.82) is 0 Å². The summed E-state index contributed by atoms with van der Waals surface area (Å²) in [6.07, 6.45) is 0.694. The van der Waals surface area contributed by atoms with Gasteiger partial charge in [-0.25, -0.2) is 21.6 Å². The number of rotatable bonds is 7. The van der Waals surface area contributed by atoms with Crippen molar-refractivity contribution in [3.05, 3.63) is 0 Å². The highest BCUT2D eigenvalue weighted by Gasteiger charge is 2.22. The van der Waals surface area contributed by atoms with Gasteiger partial charge in [0.1, 0.15) is 0 Å². The van der Waals surface area contributed by atoms with Gasteiger partial charge in [0.15, 0.2) is 14.9 Å². The topological polar surface area (TPSA) is 118 Å². The third kappa shape index (κ3) is 7.60. The minimum absolute atomic E-state index is 0.273. The molecule has 0 amide bonds. The van der Waals surface area contributed by atoms with Crippen LogP contribution in [-0.2, 0) is 24.7 Å². The van der Waals surface area contributed by atoms with Crippen molar-refractivity contribution in [1.82, 2.24) is 4.72 Å². The van der Waals surface area contributed by atoms with Gasteiger partial charge in [-0.05, 0) is 6.42 Å². The summed E-state index contributed by atoms with van der Waals surface area (Å²) in [6.45, 7) is 1.61. The molecular weight excluding hydrogens is 258 g/mol. The zero-order valence-corrected chi connectivity index (χ0v) is 10.6. The van der Waals surface area contributed by atoms with Crippen molar-refractivity contribution in [2.75, 3.05) is 11.3 Å². The number of aliphatic carboxylic acids is 1. The van der Waals surface area contributed by atoms with Crippen LogP contribution < -0.4 is 4.72 Å². The van der Waals surface area contributed by atoms with Crippen molar-refractivity contribution in [2.24, 2.45) is 0 Å². The quantitative estimate of drug-likeness (QED) is 0.624. The summed E-state index contributed by atoms with van der Waals surface area (Å²) < 4.78 is 46.3. The summed E-state index contributed by atoms with van der Waals surface area (Å²) in [6, 6.07) is -0.788. The van der Waals surface area contributed by atoms with Gasteiger partial charge in [0.25, 0.3) is 0 Å². The fraction of sp³-hybridized carbons (Fsp3) is 0.857. The average molecular weight is 273 g/mol. The average Bonchev–Trinajstić information content (AvgIpc) is 1.96. The first-order valence-electron chi connectivity index (χ1n) is 4.45. The fourth-order valence-corrected chi connectivity index (χ4v) is 4.33. The van der Waals surface area contributed by atoms with Crippen LogP contribution in [0.15, 0.2) is 0 Å². The molecule has 0 aromatic carbocycles. The molecule has 0 saturated carbocycles. The van der Waals surface area contributed by atoms with E-state index in [1.54, 1.807) is 6.92 Å². The Bertz CT molecular complexity index is 437. The molecule has 7 nitrogen and oxygen atoms in total. The molecule has 1 unspecified atom stereocenters. The molecule has 2 N–H and O–H groups in total. The van der Waals surface area contributed by atoms with Crippen molar-refractivity contribution >= 4 is 25.8 Å². The van der Waals surface area contributed by atoms with Crippen LogP contribution in [-0.4, -0.2) is 45.3 Å². The fourth-order valence-electron chi connectivity index (χ4n) is 1.05. The number of hydrogen-bond acceptors (Lipinski definition) is 5. The van der Waals surface area contributed by atoms with E-state index in [1.165, 1.54) is 0 Å². The maximum atomic E-state index is 11.3. The van der Waals surface area contributed by atoms with E-state index in [0.29, 0.717) is 0 Å². The Morgan fingerprint density at radius 1 is 1.31 bits per heavy atom. The van der Waals surface area contributed by atoms with E-state index in [4.69, 9.17) is 5.11 Å². The monoisotopic (exact) mass is 273 g/mol. The van der Waals surface area contributed by atoms with Crippen LogP contribution in [0.2, 0.25) is 0 Å². The van der Waals surface area contributed by atoms with E-state index in [0.717, 1.165) is 6.26 Å². The molecule has 0 bridgehead atoms. The van der Waals surface area contributed by atoms with Crippen LogP contribution in [0, 0.1) is 0 Å². The predicted octanol–water partition coefficient (Wildman–Crippen LogP) is -0.839. The van der Waals surface area contributed by atoms with Gasteiger partial charge >= 0.3 is 5.97 Å². The second kappa shape index (κ2) is 5.60. The molecule has 1 atom stereocenters. The lowest BCUT2D eigenvalue weighted by Gasteiger charge is -2.14. The predicted molar refractivity (Wildman–Crippen MR) is 58.1 cm³/mol. The van der Waals surface area contributed by atoms with Gasteiger partial charge in [-0.15, -0.1) is 0 Å². The highest BCUT2D eigenvalue weighted by atomic mass is 32.3. The highest BCUT2D eigenvalue weighted by molar-refractivity contribution is 8.06. The van der Waals surface area contributed by atoms with Crippen LogP contribution >= 0.6 is 0 Å². The Balaban J connectivity index is 4.62. The van der Waals surface area contributed by atoms with Crippen LogP contribution in [0.25, 0.3) is 0 Å². The van der Waals surface area contributed by atoms with Crippen LogP contribution in [0.3, 0.4) is 0 Å². The van der Waals surface area contributed by atoms with E-state index in [1.807, 2.05) is 4.72 Å². The van der Waals surface area contributed by atoms with Gasteiger partial charge < -0.3 is 5.11 Å². The second-order valence-corrected chi connectivity index (χ2v) is 7.74. The third-order valence-electron chi connectivity index (χ3n) is 1.63. The molecule has 0 radical (unpaired) electrons. The number of carboxylic acid groups (broad SMARTS) is 1. The molecule has 0 heterocycles. The van der Waals surface area contributed by atoms with E-state index in [9.17, 15) is 21.6 Å². The van der Waals surface area contributed by atoms with Gasteiger partial charge in [0.2, 0.25) is 10.0 Å². The summed E-state index contributed by atoms with van der Waals surface area (Å²) in [5, 5.41) is 7.46. The smallest absolute Gasteiger partial charge is 0.304 e. The number of carboxylic acids is 1. The molecule has 0 saturated heterocycles. The molecule has 0 aliphatic heterocycles. The Hall–Kier alpha value is -0.670. The molecule has 16 heavy (non-hydrogen) atoms. The lowest BCUT2D eigenvalue weighted by Crippen LogP contribution is -2.38. The third-order valence-corrected chi connectivity index (χ3v) is 5.28. The first-order valence-corrected chi connectivity index (χ1v) is 8.16. The van der Waals surface area contributed by atoms with Crippen LogP contribution in [0.5, 0.6) is 0 Å². The largest absolute Gasteiger partial charge is 0.481 e. The van der Waals surface area contributed by atoms with Crippen molar-refractivity contribution < 1.29 is 26.7 Å². The number of sulfone groups is 1. The molecule has 0 aromatic heterocycles. The number of nitrogens with one attached hydrogen (secondary N) is 1. The maximum absolute atomic E-state index is 11.3. The Kier molecular flexibility index (Phi) is 5.36. The van der Waals surface area contributed by atoms with Gasteiger partial charge in [0, 0.05) is 12.3 Å². The highest BCUT2D eigenvalue weighted by Crippen LogP contribution is 2.02. The molecule has 96 valence electrons. The minimum Gasteiger partial charge on any atom is -0.481 e. The zero-order chi connectivity index (χ0) is 13.0. The van der Waals surface area contributed by atoms with Gasteiger partial charge in [-0.1, -0.05) is 6.92 Å². The molecule has 0 rings (SSSR count). The minimum atomic E-state index is -4.00. The molecule has 9 heteroatoms. The van der Waals surface area contributed by atoms with E-state index < -0.39 is 37.0 Å². The van der Waals surface area contributed by atoms with Crippen molar-refractivity contribution in [2.45, 2.75) is 25.8 Å². The van der Waals surface area contributed by atoms with E-state index in [-0.39, 0.29) is 12.8 Å².